The zero-order valence-corrected chi connectivity index (χ0v) is 13.0. The molecule has 6 heteroatoms. The van der Waals surface area contributed by atoms with Crippen LogP contribution in [0.25, 0.3) is 0 Å². The van der Waals surface area contributed by atoms with Crippen molar-refractivity contribution in [3.05, 3.63) is 24.3 Å². The quantitative estimate of drug-likeness (QED) is 0.885. The summed E-state index contributed by atoms with van der Waals surface area (Å²) < 4.78 is 26.2. The van der Waals surface area contributed by atoms with Gasteiger partial charge in [0.1, 0.15) is 0 Å². The van der Waals surface area contributed by atoms with Gasteiger partial charge in [-0.2, -0.15) is 4.31 Å². The number of anilines is 1. The first-order chi connectivity index (χ1) is 9.59. The lowest BCUT2D eigenvalue weighted by atomic mass is 10.2. The Kier molecular flexibility index (Phi) is 5.01. The number of rotatable bonds is 5. The molecule has 0 amide bonds. The van der Waals surface area contributed by atoms with Gasteiger partial charge in [0.2, 0.25) is 10.0 Å². The van der Waals surface area contributed by atoms with E-state index in [1.165, 1.54) is 4.31 Å². The molecular formula is C14H23N3O2S. The van der Waals surface area contributed by atoms with E-state index in [1.54, 1.807) is 12.1 Å². The molecule has 0 spiro atoms. The average molecular weight is 297 g/mol. The topological polar surface area (TPSA) is 52.7 Å². The van der Waals surface area contributed by atoms with Crippen LogP contribution < -0.4 is 10.2 Å². The molecule has 1 N–H and O–H groups in total. The first-order valence-corrected chi connectivity index (χ1v) is 8.59. The minimum absolute atomic E-state index is 0.375. The number of benzene rings is 1. The molecule has 1 fully saturated rings. The second-order valence-electron chi connectivity index (χ2n) is 4.82. The Morgan fingerprint density at radius 1 is 1.10 bits per heavy atom. The van der Waals surface area contributed by atoms with Gasteiger partial charge in [-0.1, -0.05) is 13.8 Å². The fourth-order valence-electron chi connectivity index (χ4n) is 2.46. The van der Waals surface area contributed by atoms with Crippen LogP contribution in [0.3, 0.4) is 0 Å². The molecule has 112 valence electrons. The van der Waals surface area contributed by atoms with Crippen molar-refractivity contribution in [1.29, 1.82) is 0 Å². The summed E-state index contributed by atoms with van der Waals surface area (Å²) in [4.78, 5) is 2.64. The Bertz CT molecular complexity index is 518. The predicted molar refractivity (Wildman–Crippen MR) is 81.6 cm³/mol. The molecule has 0 aromatic heterocycles. The van der Waals surface area contributed by atoms with E-state index in [4.69, 9.17) is 0 Å². The zero-order chi connectivity index (χ0) is 14.6. The number of hydrogen-bond acceptors (Lipinski definition) is 4. The maximum atomic E-state index is 12.4. The second-order valence-corrected chi connectivity index (χ2v) is 6.76. The molecule has 1 aliphatic rings. The van der Waals surface area contributed by atoms with Crippen molar-refractivity contribution in [1.82, 2.24) is 9.62 Å². The molecule has 0 unspecified atom stereocenters. The van der Waals surface area contributed by atoms with Crippen LogP contribution in [-0.2, 0) is 10.0 Å². The van der Waals surface area contributed by atoms with Gasteiger partial charge >= 0.3 is 0 Å². The van der Waals surface area contributed by atoms with Gasteiger partial charge in [-0.25, -0.2) is 8.42 Å². The zero-order valence-electron chi connectivity index (χ0n) is 12.2. The van der Waals surface area contributed by atoms with Gasteiger partial charge < -0.3 is 10.2 Å². The van der Waals surface area contributed by atoms with Crippen molar-refractivity contribution in [2.45, 2.75) is 18.7 Å². The SMILES string of the molecule is CCN(CC)S(=O)(=O)c1ccc(N2CCNCC2)cc1. The van der Waals surface area contributed by atoms with Crippen LogP contribution in [0.2, 0.25) is 0 Å². The molecule has 1 aromatic carbocycles. The lowest BCUT2D eigenvalue weighted by Gasteiger charge is -2.29. The molecule has 0 radical (unpaired) electrons. The van der Waals surface area contributed by atoms with Crippen LogP contribution in [0.15, 0.2) is 29.2 Å². The van der Waals surface area contributed by atoms with Gasteiger partial charge in [0.25, 0.3) is 0 Å². The van der Waals surface area contributed by atoms with E-state index < -0.39 is 10.0 Å². The van der Waals surface area contributed by atoms with Crippen molar-refractivity contribution in [3.63, 3.8) is 0 Å². The maximum Gasteiger partial charge on any atom is 0.243 e. The first-order valence-electron chi connectivity index (χ1n) is 7.15. The van der Waals surface area contributed by atoms with Gasteiger partial charge in [0.15, 0.2) is 0 Å². The van der Waals surface area contributed by atoms with E-state index in [1.807, 2.05) is 26.0 Å². The van der Waals surface area contributed by atoms with E-state index in [2.05, 4.69) is 10.2 Å². The number of piperazine rings is 1. The summed E-state index contributed by atoms with van der Waals surface area (Å²) in [5, 5.41) is 3.31. The molecule has 5 nitrogen and oxygen atoms in total. The van der Waals surface area contributed by atoms with Crippen LogP contribution in [0.1, 0.15) is 13.8 Å². The van der Waals surface area contributed by atoms with Gasteiger partial charge in [0.05, 0.1) is 4.90 Å². The van der Waals surface area contributed by atoms with Crippen molar-refractivity contribution < 1.29 is 8.42 Å². The van der Waals surface area contributed by atoms with Gasteiger partial charge in [-0.3, -0.25) is 0 Å². The third-order valence-corrected chi connectivity index (χ3v) is 5.73. The molecule has 0 atom stereocenters. The number of hydrogen-bond donors (Lipinski definition) is 1. The third-order valence-electron chi connectivity index (χ3n) is 3.66. The average Bonchev–Trinajstić information content (AvgIpc) is 2.49. The molecule has 1 aromatic rings. The summed E-state index contributed by atoms with van der Waals surface area (Å²) in [6, 6.07) is 7.24. The molecule has 0 saturated carbocycles. The van der Waals surface area contributed by atoms with Crippen LogP contribution in [0.5, 0.6) is 0 Å². The molecule has 1 aliphatic heterocycles. The van der Waals surface area contributed by atoms with Crippen molar-refractivity contribution in [3.8, 4) is 0 Å². The summed E-state index contributed by atoms with van der Waals surface area (Å²) in [7, 11) is -3.35. The van der Waals surface area contributed by atoms with Crippen molar-refractivity contribution in [2.24, 2.45) is 0 Å². The van der Waals surface area contributed by atoms with Crippen LogP contribution in [0, 0.1) is 0 Å². The number of nitrogens with zero attached hydrogens (tertiary/aromatic N) is 2. The molecule has 0 bridgehead atoms. The van der Waals surface area contributed by atoms with E-state index >= 15 is 0 Å². The number of nitrogens with one attached hydrogen (secondary N) is 1. The Morgan fingerprint density at radius 2 is 1.65 bits per heavy atom. The summed E-state index contributed by atoms with van der Waals surface area (Å²) in [6.45, 7) is 8.58. The first kappa shape index (κ1) is 15.3. The highest BCUT2D eigenvalue weighted by Gasteiger charge is 2.21. The van der Waals surface area contributed by atoms with Crippen LogP contribution in [0.4, 0.5) is 5.69 Å². The highest BCUT2D eigenvalue weighted by Crippen LogP contribution is 2.20. The molecular weight excluding hydrogens is 274 g/mol. The highest BCUT2D eigenvalue weighted by molar-refractivity contribution is 7.89. The van der Waals surface area contributed by atoms with E-state index in [9.17, 15) is 8.42 Å². The Hall–Kier alpha value is -1.11. The standard InChI is InChI=1S/C14H23N3O2S/c1-3-17(4-2)20(18,19)14-7-5-13(6-8-14)16-11-9-15-10-12-16/h5-8,15H,3-4,9-12H2,1-2H3. The van der Waals surface area contributed by atoms with E-state index in [0.29, 0.717) is 18.0 Å². The van der Waals surface area contributed by atoms with E-state index in [0.717, 1.165) is 31.9 Å². The molecule has 20 heavy (non-hydrogen) atoms. The minimum Gasteiger partial charge on any atom is -0.369 e. The van der Waals surface area contributed by atoms with Gasteiger partial charge in [-0.15, -0.1) is 0 Å². The third kappa shape index (κ3) is 3.13. The minimum atomic E-state index is -3.35. The molecule has 2 rings (SSSR count). The highest BCUT2D eigenvalue weighted by atomic mass is 32.2. The summed E-state index contributed by atoms with van der Waals surface area (Å²) in [5.41, 5.74) is 1.09. The van der Waals surface area contributed by atoms with Crippen molar-refractivity contribution >= 4 is 15.7 Å². The van der Waals surface area contributed by atoms with Gasteiger partial charge in [0, 0.05) is 45.0 Å². The maximum absolute atomic E-state index is 12.4. The van der Waals surface area contributed by atoms with Crippen molar-refractivity contribution in [2.75, 3.05) is 44.2 Å². The summed E-state index contributed by atoms with van der Waals surface area (Å²) >= 11 is 0. The normalized spacial score (nSPS) is 16.6. The largest absolute Gasteiger partial charge is 0.369 e. The van der Waals surface area contributed by atoms with E-state index in [-0.39, 0.29) is 0 Å². The molecule has 1 saturated heterocycles. The smallest absolute Gasteiger partial charge is 0.243 e. The Labute approximate surface area is 121 Å². The Balaban J connectivity index is 2.19. The summed E-state index contributed by atoms with van der Waals surface area (Å²) in [5.74, 6) is 0. The lowest BCUT2D eigenvalue weighted by Crippen LogP contribution is -2.43. The lowest BCUT2D eigenvalue weighted by molar-refractivity contribution is 0.445. The number of sulfonamides is 1. The Morgan fingerprint density at radius 3 is 2.15 bits per heavy atom. The summed E-state index contributed by atoms with van der Waals surface area (Å²) in [6.07, 6.45) is 0. The molecule has 0 aliphatic carbocycles. The fourth-order valence-corrected chi connectivity index (χ4v) is 3.92. The van der Waals surface area contributed by atoms with Crippen LogP contribution >= 0.6 is 0 Å². The molecule has 1 heterocycles. The fraction of sp³-hybridized carbons (Fsp3) is 0.571. The second kappa shape index (κ2) is 6.56. The van der Waals surface area contributed by atoms with Crippen LogP contribution in [-0.4, -0.2) is 52.0 Å². The predicted octanol–water partition coefficient (Wildman–Crippen LogP) is 1.13. The monoisotopic (exact) mass is 297 g/mol. The van der Waals surface area contributed by atoms with Gasteiger partial charge in [-0.05, 0) is 24.3 Å².